The van der Waals surface area contributed by atoms with Gasteiger partial charge in [-0.3, -0.25) is 9.80 Å². The van der Waals surface area contributed by atoms with Crippen molar-refractivity contribution in [2.24, 2.45) is 0 Å². The van der Waals surface area contributed by atoms with Crippen LogP contribution in [0.15, 0.2) is 54.6 Å². The summed E-state index contributed by atoms with van der Waals surface area (Å²) in [5, 5.41) is 12.7. The zero-order chi connectivity index (χ0) is 21.0. The first kappa shape index (κ1) is 20.3. The molecule has 31 heavy (non-hydrogen) atoms. The van der Waals surface area contributed by atoms with Crippen molar-refractivity contribution < 1.29 is 4.39 Å². The van der Waals surface area contributed by atoms with Crippen molar-refractivity contribution in [3.05, 3.63) is 77.4 Å². The van der Waals surface area contributed by atoms with E-state index in [2.05, 4.69) is 37.5 Å². The van der Waals surface area contributed by atoms with E-state index in [1.54, 1.807) is 12.1 Å². The van der Waals surface area contributed by atoms with Gasteiger partial charge in [-0.05, 0) is 59.5 Å². The smallest absolute Gasteiger partial charge is 0.173 e. The monoisotopic (exact) mass is 420 g/mol. The van der Waals surface area contributed by atoms with Gasteiger partial charge in [0.1, 0.15) is 5.82 Å². The maximum Gasteiger partial charge on any atom is 0.173 e. The number of hydrogen-bond acceptors (Lipinski definition) is 5. The van der Waals surface area contributed by atoms with Crippen LogP contribution < -0.4 is 0 Å². The Labute approximate surface area is 182 Å². The highest BCUT2D eigenvalue weighted by Gasteiger charge is 2.32. The van der Waals surface area contributed by atoms with Gasteiger partial charge in [-0.1, -0.05) is 48.9 Å². The number of benzene rings is 2. The molecule has 6 nitrogen and oxygen atoms in total. The van der Waals surface area contributed by atoms with E-state index in [9.17, 15) is 4.39 Å². The van der Waals surface area contributed by atoms with Crippen molar-refractivity contribution in [1.29, 1.82) is 0 Å². The third-order valence-electron chi connectivity index (χ3n) is 6.67. The molecule has 2 aromatic carbocycles. The minimum absolute atomic E-state index is 0.171. The largest absolute Gasteiger partial charge is 0.299 e. The third kappa shape index (κ3) is 4.52. The van der Waals surface area contributed by atoms with Gasteiger partial charge in [0.05, 0.1) is 12.6 Å². The van der Waals surface area contributed by atoms with Crippen LogP contribution in [0.2, 0.25) is 0 Å². The van der Waals surface area contributed by atoms with Crippen LogP contribution in [0.1, 0.15) is 48.7 Å². The van der Waals surface area contributed by atoms with Gasteiger partial charge in [0.2, 0.25) is 0 Å². The lowest BCUT2D eigenvalue weighted by Crippen LogP contribution is -2.42. The van der Waals surface area contributed by atoms with Crippen LogP contribution in [0.4, 0.5) is 4.39 Å². The van der Waals surface area contributed by atoms with E-state index >= 15 is 0 Å². The summed E-state index contributed by atoms with van der Waals surface area (Å²) in [6.07, 6.45) is 5.10. The normalized spacial score (nSPS) is 19.6. The number of hydrogen-bond donors (Lipinski definition) is 0. The van der Waals surface area contributed by atoms with Crippen LogP contribution in [0.25, 0.3) is 0 Å². The Morgan fingerprint density at radius 3 is 2.58 bits per heavy atom. The fourth-order valence-electron chi connectivity index (χ4n) is 4.81. The molecule has 0 radical (unpaired) electrons. The Hall–Kier alpha value is -2.64. The Kier molecular flexibility index (Phi) is 6.04. The zero-order valence-corrected chi connectivity index (χ0v) is 17.8. The van der Waals surface area contributed by atoms with Gasteiger partial charge in [0.25, 0.3) is 0 Å². The molecule has 0 N–H and O–H groups in total. The second kappa shape index (κ2) is 9.24. The summed E-state index contributed by atoms with van der Waals surface area (Å²) in [6.45, 7) is 4.64. The molecule has 0 spiro atoms. The van der Waals surface area contributed by atoms with Crippen molar-refractivity contribution in [1.82, 2.24) is 30.0 Å². The molecule has 162 valence electrons. The molecular weight excluding hydrogens is 391 g/mol. The fraction of sp³-hybridized carbons (Fsp3) is 0.458. The summed E-state index contributed by atoms with van der Waals surface area (Å²) < 4.78 is 16.1. The summed E-state index contributed by atoms with van der Waals surface area (Å²) in [4.78, 5) is 5.07. The Bertz CT molecular complexity index is 986. The molecular formula is C24H29FN6. The van der Waals surface area contributed by atoms with Crippen LogP contribution in [-0.2, 0) is 6.54 Å². The summed E-state index contributed by atoms with van der Waals surface area (Å²) in [5.74, 6) is 0.544. The molecule has 3 aromatic rings. The summed E-state index contributed by atoms with van der Waals surface area (Å²) in [7, 11) is 0. The van der Waals surface area contributed by atoms with Crippen LogP contribution in [0, 0.1) is 5.82 Å². The van der Waals surface area contributed by atoms with Crippen molar-refractivity contribution in [3.63, 3.8) is 0 Å². The van der Waals surface area contributed by atoms with Crippen LogP contribution in [-0.4, -0.2) is 62.2 Å². The number of halogens is 1. The fourth-order valence-corrected chi connectivity index (χ4v) is 4.81. The number of tetrazole rings is 1. The zero-order valence-electron chi connectivity index (χ0n) is 17.8. The lowest BCUT2D eigenvalue weighted by atomic mass is 9.91. The van der Waals surface area contributed by atoms with Crippen molar-refractivity contribution >= 4 is 0 Å². The lowest BCUT2D eigenvalue weighted by Gasteiger charge is -2.37. The average Bonchev–Trinajstić information content (AvgIpc) is 3.05. The molecule has 5 rings (SSSR count). The highest BCUT2D eigenvalue weighted by atomic mass is 19.1. The Balaban J connectivity index is 1.45. The maximum absolute atomic E-state index is 14.2. The molecule has 2 aliphatic rings. The minimum atomic E-state index is -0.226. The summed E-state index contributed by atoms with van der Waals surface area (Å²) >= 11 is 0. The molecule has 1 saturated carbocycles. The van der Waals surface area contributed by atoms with Crippen LogP contribution >= 0.6 is 0 Å². The third-order valence-corrected chi connectivity index (χ3v) is 6.67. The van der Waals surface area contributed by atoms with E-state index in [1.165, 1.54) is 25.3 Å². The molecule has 0 bridgehead atoms. The average molecular weight is 421 g/mol. The maximum atomic E-state index is 14.2. The quantitative estimate of drug-likeness (QED) is 0.611. The van der Waals surface area contributed by atoms with Gasteiger partial charge < -0.3 is 0 Å². The topological polar surface area (TPSA) is 50.1 Å². The minimum Gasteiger partial charge on any atom is -0.299 e. The molecule has 1 saturated heterocycles. The first-order valence-electron chi connectivity index (χ1n) is 11.3. The molecule has 7 heteroatoms. The van der Waals surface area contributed by atoms with E-state index in [0.717, 1.165) is 55.6 Å². The van der Waals surface area contributed by atoms with E-state index in [4.69, 9.17) is 0 Å². The second-order valence-corrected chi connectivity index (χ2v) is 8.65. The first-order chi connectivity index (χ1) is 15.3. The van der Waals surface area contributed by atoms with Crippen LogP contribution in [0.3, 0.4) is 0 Å². The van der Waals surface area contributed by atoms with Crippen molar-refractivity contribution in [2.45, 2.75) is 44.3 Å². The molecule has 2 fully saturated rings. The van der Waals surface area contributed by atoms with Gasteiger partial charge in [-0.15, -0.1) is 5.10 Å². The van der Waals surface area contributed by atoms with E-state index in [1.807, 2.05) is 28.9 Å². The standard InChI is InChI=1S/C24H29FN6/c25-21-10-4-9-20(17-21)23(30-14-6-13-29(15-16-30)22-11-5-12-22)24-26-27-28-31(24)18-19-7-2-1-3-8-19/h1-4,7-10,17,22-23H,5-6,11-16,18H2. The Morgan fingerprint density at radius 1 is 0.935 bits per heavy atom. The van der Waals surface area contributed by atoms with Gasteiger partial charge in [-0.2, -0.15) is 0 Å². The SMILES string of the molecule is Fc1cccc(C(c2nnnn2Cc2ccccc2)N2CCCN(C3CCC3)CC2)c1. The van der Waals surface area contributed by atoms with Gasteiger partial charge in [0.15, 0.2) is 5.82 Å². The highest BCUT2D eigenvalue weighted by molar-refractivity contribution is 5.26. The van der Waals surface area contributed by atoms with Gasteiger partial charge in [-0.25, -0.2) is 9.07 Å². The number of rotatable bonds is 6. The van der Waals surface area contributed by atoms with Crippen molar-refractivity contribution in [2.75, 3.05) is 26.2 Å². The molecule has 1 aliphatic heterocycles. The van der Waals surface area contributed by atoms with E-state index in [0.29, 0.717) is 6.54 Å². The second-order valence-electron chi connectivity index (χ2n) is 8.65. The van der Waals surface area contributed by atoms with E-state index in [-0.39, 0.29) is 11.9 Å². The molecule has 2 heterocycles. The highest BCUT2D eigenvalue weighted by Crippen LogP contribution is 2.31. The molecule has 1 aliphatic carbocycles. The van der Waals surface area contributed by atoms with Gasteiger partial charge in [0, 0.05) is 25.7 Å². The molecule has 1 aromatic heterocycles. The summed E-state index contributed by atoms with van der Waals surface area (Å²) in [5.41, 5.74) is 2.04. The van der Waals surface area contributed by atoms with E-state index < -0.39 is 0 Å². The number of aromatic nitrogens is 4. The predicted octanol–water partition coefficient (Wildman–Crippen LogP) is 3.51. The summed E-state index contributed by atoms with van der Waals surface area (Å²) in [6, 6.07) is 17.7. The molecule has 1 atom stereocenters. The van der Waals surface area contributed by atoms with Crippen LogP contribution in [0.5, 0.6) is 0 Å². The number of nitrogens with zero attached hydrogens (tertiary/aromatic N) is 6. The van der Waals surface area contributed by atoms with Gasteiger partial charge >= 0.3 is 0 Å². The molecule has 1 unspecified atom stereocenters. The lowest BCUT2D eigenvalue weighted by molar-refractivity contribution is 0.127. The molecule has 0 amide bonds. The van der Waals surface area contributed by atoms with Crippen molar-refractivity contribution in [3.8, 4) is 0 Å². The predicted molar refractivity (Wildman–Crippen MR) is 117 cm³/mol. The first-order valence-corrected chi connectivity index (χ1v) is 11.3. The Morgan fingerprint density at radius 2 is 1.81 bits per heavy atom.